The average Bonchev–Trinajstić information content (AvgIpc) is 2.96. The van der Waals surface area contributed by atoms with Gasteiger partial charge in [-0.25, -0.2) is 4.98 Å². The normalized spacial score (nSPS) is 18.4. The van der Waals surface area contributed by atoms with Gasteiger partial charge < -0.3 is 20.9 Å². The van der Waals surface area contributed by atoms with E-state index >= 15 is 0 Å². The van der Waals surface area contributed by atoms with Crippen LogP contribution in [0.15, 0.2) is 17.3 Å². The molecule has 1 amide bonds. The molecule has 3 rings (SSSR count). The molecule has 1 aliphatic rings. The quantitative estimate of drug-likeness (QED) is 0.740. The first-order valence-electron chi connectivity index (χ1n) is 8.36. The van der Waals surface area contributed by atoms with Gasteiger partial charge in [0.1, 0.15) is 5.65 Å². The second-order valence-electron chi connectivity index (χ2n) is 6.59. The lowest BCUT2D eigenvalue weighted by molar-refractivity contribution is -0.118. The molecular weight excluding hydrogens is 322 g/mol. The highest BCUT2D eigenvalue weighted by Crippen LogP contribution is 2.39. The summed E-state index contributed by atoms with van der Waals surface area (Å²) in [6.07, 6.45) is 7.91. The predicted octanol–water partition coefficient (Wildman–Crippen LogP) is 2.81. The van der Waals surface area contributed by atoms with Crippen LogP contribution >= 0.6 is 11.8 Å². The third-order valence-electron chi connectivity index (χ3n) is 4.42. The molecular formula is C17H25N5OS. The molecule has 0 aliphatic carbocycles. The number of piperidine rings is 1. The van der Waals surface area contributed by atoms with E-state index in [4.69, 9.17) is 5.73 Å². The summed E-state index contributed by atoms with van der Waals surface area (Å²) < 4.78 is 0. The molecule has 7 heteroatoms. The largest absolute Gasteiger partial charge is 0.368 e. The SMILES string of the molecule is CSc1cnc2[nH]cc(NC(=O)C(C)C)c2c1N1CCCC(N)C1. The Kier molecular flexibility index (Phi) is 5.01. The van der Waals surface area contributed by atoms with Gasteiger partial charge in [0.15, 0.2) is 0 Å². The Labute approximate surface area is 146 Å². The molecule has 0 aromatic carbocycles. The van der Waals surface area contributed by atoms with Crippen LogP contribution in [-0.2, 0) is 4.79 Å². The van der Waals surface area contributed by atoms with Crippen molar-refractivity contribution in [2.45, 2.75) is 37.6 Å². The Bertz CT molecular complexity index is 742. The number of pyridine rings is 1. The molecule has 1 fully saturated rings. The highest BCUT2D eigenvalue weighted by Gasteiger charge is 2.24. The van der Waals surface area contributed by atoms with Crippen LogP contribution in [0.4, 0.5) is 11.4 Å². The fourth-order valence-electron chi connectivity index (χ4n) is 3.11. The first-order chi connectivity index (χ1) is 11.5. The molecule has 1 unspecified atom stereocenters. The molecule has 1 aliphatic heterocycles. The van der Waals surface area contributed by atoms with Gasteiger partial charge in [0.25, 0.3) is 0 Å². The summed E-state index contributed by atoms with van der Waals surface area (Å²) >= 11 is 1.67. The van der Waals surface area contributed by atoms with Crippen molar-refractivity contribution in [3.05, 3.63) is 12.4 Å². The van der Waals surface area contributed by atoms with Gasteiger partial charge in [0.2, 0.25) is 5.91 Å². The van der Waals surface area contributed by atoms with Gasteiger partial charge in [-0.05, 0) is 19.1 Å². The number of aromatic nitrogens is 2. The number of anilines is 2. The van der Waals surface area contributed by atoms with Crippen LogP contribution < -0.4 is 16.0 Å². The van der Waals surface area contributed by atoms with E-state index < -0.39 is 0 Å². The van der Waals surface area contributed by atoms with E-state index in [-0.39, 0.29) is 17.9 Å². The molecule has 0 saturated carbocycles. The lowest BCUT2D eigenvalue weighted by Gasteiger charge is -2.34. The fourth-order valence-corrected chi connectivity index (χ4v) is 3.70. The Morgan fingerprint density at radius 2 is 2.33 bits per heavy atom. The molecule has 4 N–H and O–H groups in total. The van der Waals surface area contributed by atoms with Gasteiger partial charge in [0.05, 0.1) is 16.8 Å². The van der Waals surface area contributed by atoms with Gasteiger partial charge >= 0.3 is 0 Å². The molecule has 1 saturated heterocycles. The summed E-state index contributed by atoms with van der Waals surface area (Å²) in [4.78, 5) is 23.3. The molecule has 2 aromatic heterocycles. The number of thioether (sulfide) groups is 1. The van der Waals surface area contributed by atoms with Gasteiger partial charge in [-0.3, -0.25) is 4.79 Å². The summed E-state index contributed by atoms with van der Waals surface area (Å²) in [5.74, 6) is -0.0646. The number of carbonyl (C=O) groups excluding carboxylic acids is 1. The first kappa shape index (κ1) is 17.1. The number of hydrogen-bond acceptors (Lipinski definition) is 5. The van der Waals surface area contributed by atoms with Gasteiger partial charge in [-0.1, -0.05) is 13.8 Å². The van der Waals surface area contributed by atoms with E-state index in [1.54, 1.807) is 11.8 Å². The van der Waals surface area contributed by atoms with Crippen LogP contribution in [0.1, 0.15) is 26.7 Å². The fraction of sp³-hybridized carbons (Fsp3) is 0.529. The monoisotopic (exact) mass is 347 g/mol. The summed E-state index contributed by atoms with van der Waals surface area (Å²) in [5, 5.41) is 4.01. The Morgan fingerprint density at radius 1 is 1.54 bits per heavy atom. The smallest absolute Gasteiger partial charge is 0.226 e. The van der Waals surface area contributed by atoms with Crippen LogP contribution in [0.3, 0.4) is 0 Å². The zero-order valence-electron chi connectivity index (χ0n) is 14.4. The number of carbonyl (C=O) groups is 1. The molecule has 2 aromatic rings. The van der Waals surface area contributed by atoms with Crippen molar-refractivity contribution in [3.63, 3.8) is 0 Å². The van der Waals surface area contributed by atoms with Gasteiger partial charge in [0, 0.05) is 42.3 Å². The zero-order valence-corrected chi connectivity index (χ0v) is 15.2. The zero-order chi connectivity index (χ0) is 17.3. The van der Waals surface area contributed by atoms with Crippen molar-refractivity contribution in [1.29, 1.82) is 0 Å². The highest BCUT2D eigenvalue weighted by atomic mass is 32.2. The van der Waals surface area contributed by atoms with E-state index in [1.807, 2.05) is 26.2 Å². The molecule has 1 atom stereocenters. The van der Waals surface area contributed by atoms with Crippen LogP contribution in [0, 0.1) is 5.92 Å². The lowest BCUT2D eigenvalue weighted by Crippen LogP contribution is -2.43. The van der Waals surface area contributed by atoms with Crippen LogP contribution in [0.25, 0.3) is 11.0 Å². The standard InChI is InChI=1S/C17H25N5OS/c1-10(2)17(23)21-12-7-19-16-14(12)15(13(24-3)8-20-16)22-6-4-5-11(18)9-22/h7-8,10-11H,4-6,9,18H2,1-3H3,(H,19,20)(H,21,23). The van der Waals surface area contributed by atoms with Crippen molar-refractivity contribution < 1.29 is 4.79 Å². The molecule has 0 bridgehead atoms. The third-order valence-corrected chi connectivity index (χ3v) is 5.16. The summed E-state index contributed by atoms with van der Waals surface area (Å²) in [7, 11) is 0. The third kappa shape index (κ3) is 3.23. The lowest BCUT2D eigenvalue weighted by atomic mass is 10.1. The van der Waals surface area contributed by atoms with Crippen molar-refractivity contribution >= 4 is 40.1 Å². The van der Waals surface area contributed by atoms with Crippen molar-refractivity contribution in [2.24, 2.45) is 11.7 Å². The van der Waals surface area contributed by atoms with Gasteiger partial charge in [-0.15, -0.1) is 11.8 Å². The van der Waals surface area contributed by atoms with Gasteiger partial charge in [-0.2, -0.15) is 0 Å². The van der Waals surface area contributed by atoms with Crippen LogP contribution in [-0.4, -0.2) is 41.3 Å². The Hall–Kier alpha value is -1.73. The summed E-state index contributed by atoms with van der Waals surface area (Å²) in [5.41, 5.74) is 8.90. The molecule has 3 heterocycles. The minimum atomic E-state index is -0.0708. The topological polar surface area (TPSA) is 87.0 Å². The predicted molar refractivity (Wildman–Crippen MR) is 101 cm³/mol. The Morgan fingerprint density at radius 3 is 3.00 bits per heavy atom. The van der Waals surface area contributed by atoms with E-state index in [9.17, 15) is 4.79 Å². The highest BCUT2D eigenvalue weighted by molar-refractivity contribution is 7.98. The summed E-state index contributed by atoms with van der Waals surface area (Å²) in [6.45, 7) is 5.58. The van der Waals surface area contributed by atoms with E-state index in [0.29, 0.717) is 0 Å². The van der Waals surface area contributed by atoms with E-state index in [1.165, 1.54) is 0 Å². The van der Waals surface area contributed by atoms with Crippen molar-refractivity contribution in [3.8, 4) is 0 Å². The minimum Gasteiger partial charge on any atom is -0.368 e. The van der Waals surface area contributed by atoms with Crippen LogP contribution in [0.2, 0.25) is 0 Å². The summed E-state index contributed by atoms with van der Waals surface area (Å²) in [6, 6.07) is 0.185. The van der Waals surface area contributed by atoms with E-state index in [2.05, 4.69) is 26.4 Å². The van der Waals surface area contributed by atoms with Crippen LogP contribution in [0.5, 0.6) is 0 Å². The number of H-pyrrole nitrogens is 1. The molecule has 6 nitrogen and oxygen atoms in total. The van der Waals surface area contributed by atoms with E-state index in [0.717, 1.165) is 53.2 Å². The number of nitrogens with two attached hydrogens (primary N) is 1. The second kappa shape index (κ2) is 7.03. The number of rotatable bonds is 4. The minimum absolute atomic E-state index is 0.00625. The molecule has 24 heavy (non-hydrogen) atoms. The van der Waals surface area contributed by atoms with Crippen molar-refractivity contribution in [2.75, 3.05) is 29.6 Å². The number of hydrogen-bond donors (Lipinski definition) is 3. The molecule has 0 spiro atoms. The maximum absolute atomic E-state index is 12.2. The second-order valence-corrected chi connectivity index (χ2v) is 7.44. The van der Waals surface area contributed by atoms with Crippen molar-refractivity contribution in [1.82, 2.24) is 9.97 Å². The maximum Gasteiger partial charge on any atom is 0.226 e. The maximum atomic E-state index is 12.2. The average molecular weight is 347 g/mol. The Balaban J connectivity index is 2.10. The molecule has 130 valence electrons. The number of nitrogens with one attached hydrogen (secondary N) is 2. The molecule has 0 radical (unpaired) electrons. The number of nitrogens with zero attached hydrogens (tertiary/aromatic N) is 2. The first-order valence-corrected chi connectivity index (χ1v) is 9.59. The number of aromatic amines is 1. The number of amides is 1. The number of fused-ring (bicyclic) bond motifs is 1.